The van der Waals surface area contributed by atoms with Gasteiger partial charge in [-0.15, -0.1) is 23.5 Å². The molecule has 1 saturated heterocycles. The maximum atomic E-state index is 13.0. The summed E-state index contributed by atoms with van der Waals surface area (Å²) in [6.45, 7) is 0.139. The van der Waals surface area contributed by atoms with E-state index in [0.717, 1.165) is 0 Å². The monoisotopic (exact) mass is 626 g/mol. The van der Waals surface area contributed by atoms with Gasteiger partial charge in [0.15, 0.2) is 18.9 Å². The second-order valence-corrected chi connectivity index (χ2v) is 11.9. The van der Waals surface area contributed by atoms with Crippen molar-refractivity contribution in [2.75, 3.05) is 24.6 Å². The topological polar surface area (TPSA) is 166 Å². The first-order valence-corrected chi connectivity index (χ1v) is 14.8. The van der Waals surface area contributed by atoms with Crippen LogP contribution in [-0.2, 0) is 20.9 Å². The first-order valence-electron chi connectivity index (χ1n) is 12.0. The number of carboxylic acid groups (broad SMARTS) is 1. The van der Waals surface area contributed by atoms with Crippen LogP contribution in [0.3, 0.4) is 0 Å². The molecule has 0 spiro atoms. The Hall–Kier alpha value is -2.81. The summed E-state index contributed by atoms with van der Waals surface area (Å²) < 4.78 is 1.65. The van der Waals surface area contributed by atoms with Crippen LogP contribution in [0.4, 0.5) is 0 Å². The summed E-state index contributed by atoms with van der Waals surface area (Å²) in [5.74, 6) is -2.27. The van der Waals surface area contributed by atoms with Gasteiger partial charge < -0.3 is 26.6 Å². The lowest BCUT2D eigenvalue weighted by Crippen LogP contribution is -2.71. The van der Waals surface area contributed by atoms with E-state index in [1.54, 1.807) is 47.3 Å². The first kappa shape index (κ1) is 30.2. The molecular formula is C25H26Cl2N5O6S2+. The van der Waals surface area contributed by atoms with Gasteiger partial charge in [-0.05, 0) is 24.3 Å². The van der Waals surface area contributed by atoms with E-state index < -0.39 is 41.2 Å². The number of benzene rings is 1. The summed E-state index contributed by atoms with van der Waals surface area (Å²) in [4.78, 5) is 52.0. The van der Waals surface area contributed by atoms with Crippen molar-refractivity contribution in [2.24, 2.45) is 5.73 Å². The number of aromatic nitrogens is 1. The molecule has 6 N–H and O–H groups in total. The van der Waals surface area contributed by atoms with Crippen molar-refractivity contribution in [3.63, 3.8) is 0 Å². The van der Waals surface area contributed by atoms with Crippen molar-refractivity contribution < 1.29 is 34.0 Å². The summed E-state index contributed by atoms with van der Waals surface area (Å²) >= 11 is 14.7. The highest BCUT2D eigenvalue weighted by molar-refractivity contribution is 8.00. The number of aliphatic hydroxyl groups excluding tert-OH is 1. The predicted octanol–water partition coefficient (Wildman–Crippen LogP) is 0.861. The number of rotatable bonds is 11. The predicted molar refractivity (Wildman–Crippen MR) is 151 cm³/mol. The standard InChI is InChI=1S/C25H25Cl2N5O6S2/c26-15-3-4-17(27)18(6-15)39-12-19(34)30-20-23(36)32-21(25(37)38)14(11-40-24(20)32)10-31-5-1-2-13(9-31)22(35)29-8-16(33)7-28/h1-6,9,16,20,24,33H,7-8,10-12,28H2,(H2-,29,30,34,35,37,38)/p+1/t16?,20-,24+/m0/s1. The highest BCUT2D eigenvalue weighted by Crippen LogP contribution is 2.40. The third-order valence-electron chi connectivity index (χ3n) is 6.08. The summed E-state index contributed by atoms with van der Waals surface area (Å²) in [6, 6.07) is 7.29. The van der Waals surface area contributed by atoms with Gasteiger partial charge in [-0.2, -0.15) is 0 Å². The number of pyridine rings is 1. The molecule has 3 heterocycles. The fraction of sp³-hybridized carbons (Fsp3) is 0.320. The number of hydrogen-bond acceptors (Lipinski definition) is 8. The van der Waals surface area contributed by atoms with Crippen LogP contribution in [0.15, 0.2) is 58.9 Å². The smallest absolute Gasteiger partial charge is 0.352 e. The van der Waals surface area contributed by atoms with E-state index >= 15 is 0 Å². The van der Waals surface area contributed by atoms with Crippen molar-refractivity contribution >= 4 is 70.4 Å². The fourth-order valence-corrected chi connectivity index (χ4v) is 6.76. The number of nitrogens with zero attached hydrogens (tertiary/aromatic N) is 2. The quantitative estimate of drug-likeness (QED) is 0.138. The molecule has 1 aromatic carbocycles. The Morgan fingerprint density at radius 2 is 2.05 bits per heavy atom. The lowest BCUT2D eigenvalue weighted by molar-refractivity contribution is -0.689. The highest BCUT2D eigenvalue weighted by Gasteiger charge is 2.54. The van der Waals surface area contributed by atoms with Crippen LogP contribution in [0.25, 0.3) is 0 Å². The Balaban J connectivity index is 1.41. The molecule has 1 aromatic heterocycles. The number of carbonyl (C=O) groups excluding carboxylic acids is 3. The zero-order valence-electron chi connectivity index (χ0n) is 20.9. The number of fused-ring (bicyclic) bond motifs is 1. The zero-order valence-corrected chi connectivity index (χ0v) is 24.0. The van der Waals surface area contributed by atoms with Crippen LogP contribution < -0.4 is 20.9 Å². The number of hydrogen-bond donors (Lipinski definition) is 5. The van der Waals surface area contributed by atoms with Crippen molar-refractivity contribution in [2.45, 2.75) is 29.0 Å². The van der Waals surface area contributed by atoms with Gasteiger partial charge >= 0.3 is 5.97 Å². The molecule has 212 valence electrons. The third-order valence-corrected chi connectivity index (χ3v) is 9.15. The minimum Gasteiger partial charge on any atom is -0.477 e. The molecule has 3 atom stereocenters. The maximum absolute atomic E-state index is 13.0. The number of halogens is 2. The van der Waals surface area contributed by atoms with Crippen molar-refractivity contribution in [3.8, 4) is 0 Å². The average Bonchev–Trinajstić information content (AvgIpc) is 2.94. The number of nitrogens with two attached hydrogens (primary N) is 1. The molecule has 15 heteroatoms. The second kappa shape index (κ2) is 13.2. The summed E-state index contributed by atoms with van der Waals surface area (Å²) in [5, 5.41) is 25.2. The van der Waals surface area contributed by atoms with E-state index in [2.05, 4.69) is 10.6 Å². The zero-order chi connectivity index (χ0) is 29.0. The number of carboxylic acids is 1. The minimum absolute atomic E-state index is 0.000152. The number of aliphatic hydroxyl groups is 1. The lowest BCUT2D eigenvalue weighted by atomic mass is 10.0. The molecular weight excluding hydrogens is 601 g/mol. The van der Waals surface area contributed by atoms with E-state index in [4.69, 9.17) is 28.9 Å². The molecule has 3 amide bonds. The van der Waals surface area contributed by atoms with Gasteiger partial charge in [0.2, 0.25) is 5.91 Å². The van der Waals surface area contributed by atoms with Gasteiger partial charge in [0, 0.05) is 40.4 Å². The Kier molecular flexibility index (Phi) is 9.98. The van der Waals surface area contributed by atoms with Crippen LogP contribution in [0.2, 0.25) is 10.0 Å². The Morgan fingerprint density at radius 1 is 1.27 bits per heavy atom. The summed E-state index contributed by atoms with van der Waals surface area (Å²) in [5.41, 5.74) is 6.02. The van der Waals surface area contributed by atoms with Crippen LogP contribution in [0.1, 0.15) is 10.4 Å². The van der Waals surface area contributed by atoms with Gasteiger partial charge in [-0.1, -0.05) is 23.2 Å². The van der Waals surface area contributed by atoms with Crippen LogP contribution in [-0.4, -0.2) is 80.9 Å². The molecule has 0 bridgehead atoms. The van der Waals surface area contributed by atoms with E-state index in [-0.39, 0.29) is 31.1 Å². The SMILES string of the molecule is NCC(O)CNC(=O)c1ccc[n+](CC2=C(C(=O)O)N3C(=O)[C@H](NC(=O)CSc4cc(Cl)ccc4Cl)[C@H]3SC2)c1. The molecule has 0 aliphatic carbocycles. The molecule has 4 rings (SSSR count). The number of amides is 3. The largest absolute Gasteiger partial charge is 0.477 e. The van der Waals surface area contributed by atoms with Gasteiger partial charge in [0.25, 0.3) is 11.8 Å². The van der Waals surface area contributed by atoms with Crippen molar-refractivity contribution in [1.82, 2.24) is 15.5 Å². The second-order valence-electron chi connectivity index (χ2n) is 8.94. The fourth-order valence-electron chi connectivity index (χ4n) is 4.12. The number of β-lactam (4-membered cyclic amide) rings is 1. The van der Waals surface area contributed by atoms with Crippen molar-refractivity contribution in [3.05, 3.63) is 69.6 Å². The van der Waals surface area contributed by atoms with Gasteiger partial charge in [0.05, 0.1) is 16.9 Å². The number of nitrogens with one attached hydrogen (secondary N) is 2. The molecule has 1 unspecified atom stereocenters. The Bertz CT molecular complexity index is 1380. The van der Waals surface area contributed by atoms with E-state index in [0.29, 0.717) is 31.8 Å². The molecule has 0 radical (unpaired) electrons. The summed E-state index contributed by atoms with van der Waals surface area (Å²) in [6.07, 6.45) is 2.37. The molecule has 0 saturated carbocycles. The van der Waals surface area contributed by atoms with Crippen LogP contribution in [0.5, 0.6) is 0 Å². The average molecular weight is 628 g/mol. The lowest BCUT2D eigenvalue weighted by Gasteiger charge is -2.49. The van der Waals surface area contributed by atoms with Gasteiger partial charge in [-0.25, -0.2) is 9.36 Å². The number of aliphatic carboxylic acids is 1. The molecule has 11 nitrogen and oxygen atoms in total. The minimum atomic E-state index is -1.25. The van der Waals surface area contributed by atoms with Crippen LogP contribution >= 0.6 is 46.7 Å². The maximum Gasteiger partial charge on any atom is 0.352 e. The normalized spacial score (nSPS) is 19.0. The van der Waals surface area contributed by atoms with Crippen LogP contribution in [0, 0.1) is 0 Å². The third kappa shape index (κ3) is 6.90. The number of carbonyl (C=O) groups is 4. The first-order chi connectivity index (χ1) is 19.1. The molecule has 2 aliphatic heterocycles. The molecule has 1 fully saturated rings. The van der Waals surface area contributed by atoms with Gasteiger partial charge in [0.1, 0.15) is 22.7 Å². The molecule has 2 aromatic rings. The molecule has 40 heavy (non-hydrogen) atoms. The van der Waals surface area contributed by atoms with E-state index in [1.165, 1.54) is 28.4 Å². The Labute approximate surface area is 248 Å². The molecule has 2 aliphatic rings. The van der Waals surface area contributed by atoms with E-state index in [1.807, 2.05) is 0 Å². The van der Waals surface area contributed by atoms with Gasteiger partial charge in [-0.3, -0.25) is 19.3 Å². The highest BCUT2D eigenvalue weighted by atomic mass is 35.5. The van der Waals surface area contributed by atoms with Crippen molar-refractivity contribution in [1.29, 1.82) is 0 Å². The van der Waals surface area contributed by atoms with E-state index in [9.17, 15) is 29.4 Å². The Morgan fingerprint density at radius 3 is 2.77 bits per heavy atom. The number of thioether (sulfide) groups is 2. The summed E-state index contributed by atoms with van der Waals surface area (Å²) in [7, 11) is 0.